The van der Waals surface area contributed by atoms with Crippen LogP contribution < -0.4 is 5.32 Å². The Morgan fingerprint density at radius 2 is 2.12 bits per heavy atom. The zero-order chi connectivity index (χ0) is 12.1. The zero-order valence-corrected chi connectivity index (χ0v) is 10.5. The summed E-state index contributed by atoms with van der Waals surface area (Å²) in [5.74, 6) is 1.12. The molecule has 4 heteroatoms. The van der Waals surface area contributed by atoms with Crippen LogP contribution in [0.3, 0.4) is 0 Å². The van der Waals surface area contributed by atoms with Gasteiger partial charge in [-0.1, -0.05) is 13.8 Å². The first-order chi connectivity index (χ1) is 7.52. The van der Waals surface area contributed by atoms with E-state index in [1.54, 1.807) is 0 Å². The molecular weight excluding hydrogens is 202 g/mol. The average molecular weight is 225 g/mol. The Morgan fingerprint density at radius 1 is 1.44 bits per heavy atom. The molecule has 1 heterocycles. The van der Waals surface area contributed by atoms with Gasteiger partial charge in [-0.05, 0) is 25.7 Å². The SMILES string of the molecule is CC(C)CNC(=O)C(C)N1CCCCC1=N. The fourth-order valence-electron chi connectivity index (χ4n) is 1.87. The van der Waals surface area contributed by atoms with Crippen LogP contribution in [0.4, 0.5) is 0 Å². The van der Waals surface area contributed by atoms with Gasteiger partial charge in [-0.25, -0.2) is 0 Å². The summed E-state index contributed by atoms with van der Waals surface area (Å²) in [5, 5.41) is 10.8. The molecule has 92 valence electrons. The summed E-state index contributed by atoms with van der Waals surface area (Å²) < 4.78 is 0. The zero-order valence-electron chi connectivity index (χ0n) is 10.5. The van der Waals surface area contributed by atoms with Crippen molar-refractivity contribution in [3.63, 3.8) is 0 Å². The molecular formula is C12H23N3O. The third-order valence-corrected chi connectivity index (χ3v) is 2.94. The molecule has 1 amide bonds. The Morgan fingerprint density at radius 3 is 2.69 bits per heavy atom. The van der Waals surface area contributed by atoms with Crippen LogP contribution in [0.2, 0.25) is 0 Å². The van der Waals surface area contributed by atoms with Crippen molar-refractivity contribution >= 4 is 11.7 Å². The van der Waals surface area contributed by atoms with E-state index in [4.69, 9.17) is 5.41 Å². The first kappa shape index (κ1) is 13.0. The maximum absolute atomic E-state index is 11.8. The fraction of sp³-hybridized carbons (Fsp3) is 0.833. The average Bonchev–Trinajstić information content (AvgIpc) is 2.25. The lowest BCUT2D eigenvalue weighted by Gasteiger charge is -2.34. The first-order valence-corrected chi connectivity index (χ1v) is 6.14. The fourth-order valence-corrected chi connectivity index (χ4v) is 1.87. The van der Waals surface area contributed by atoms with Gasteiger partial charge < -0.3 is 10.2 Å². The summed E-state index contributed by atoms with van der Waals surface area (Å²) in [7, 11) is 0. The number of rotatable bonds is 4. The highest BCUT2D eigenvalue weighted by atomic mass is 16.2. The van der Waals surface area contributed by atoms with E-state index >= 15 is 0 Å². The molecule has 16 heavy (non-hydrogen) atoms. The number of carbonyl (C=O) groups is 1. The Balaban J connectivity index is 2.45. The molecule has 2 N–H and O–H groups in total. The largest absolute Gasteiger partial charge is 0.354 e. The molecule has 1 aliphatic heterocycles. The number of hydrogen-bond acceptors (Lipinski definition) is 2. The van der Waals surface area contributed by atoms with Gasteiger partial charge in [0, 0.05) is 19.5 Å². The van der Waals surface area contributed by atoms with Crippen LogP contribution in [0.5, 0.6) is 0 Å². The smallest absolute Gasteiger partial charge is 0.242 e. The van der Waals surface area contributed by atoms with E-state index in [9.17, 15) is 4.79 Å². The lowest BCUT2D eigenvalue weighted by atomic mass is 10.1. The van der Waals surface area contributed by atoms with Crippen LogP contribution in [-0.4, -0.2) is 35.8 Å². The Hall–Kier alpha value is -1.06. The number of nitrogens with one attached hydrogen (secondary N) is 2. The van der Waals surface area contributed by atoms with Crippen molar-refractivity contribution in [3.05, 3.63) is 0 Å². The number of hydrogen-bond donors (Lipinski definition) is 2. The van der Waals surface area contributed by atoms with E-state index in [1.807, 2.05) is 11.8 Å². The predicted molar refractivity (Wildman–Crippen MR) is 65.6 cm³/mol. The van der Waals surface area contributed by atoms with Crippen molar-refractivity contribution in [3.8, 4) is 0 Å². The van der Waals surface area contributed by atoms with Crippen LogP contribution >= 0.6 is 0 Å². The molecule has 0 aromatic carbocycles. The van der Waals surface area contributed by atoms with Crippen LogP contribution in [0.1, 0.15) is 40.0 Å². The topological polar surface area (TPSA) is 56.2 Å². The molecule has 0 aromatic heterocycles. The molecule has 0 aromatic rings. The van der Waals surface area contributed by atoms with Crippen LogP contribution in [0.15, 0.2) is 0 Å². The van der Waals surface area contributed by atoms with Gasteiger partial charge in [0.1, 0.15) is 6.04 Å². The van der Waals surface area contributed by atoms with Gasteiger partial charge in [0.2, 0.25) is 5.91 Å². The molecule has 0 saturated carbocycles. The molecule has 1 atom stereocenters. The number of amides is 1. The van der Waals surface area contributed by atoms with Crippen molar-refractivity contribution in [1.82, 2.24) is 10.2 Å². The summed E-state index contributed by atoms with van der Waals surface area (Å²) in [6, 6.07) is -0.202. The quantitative estimate of drug-likeness (QED) is 0.763. The Kier molecular flexibility index (Phi) is 4.77. The van der Waals surface area contributed by atoms with E-state index in [-0.39, 0.29) is 11.9 Å². The second kappa shape index (κ2) is 5.87. The van der Waals surface area contributed by atoms with Crippen LogP contribution in [0, 0.1) is 11.3 Å². The molecule has 0 spiro atoms. The van der Waals surface area contributed by atoms with Crippen LogP contribution in [0.25, 0.3) is 0 Å². The summed E-state index contributed by atoms with van der Waals surface area (Å²) >= 11 is 0. The van der Waals surface area contributed by atoms with Gasteiger partial charge in [-0.15, -0.1) is 0 Å². The van der Waals surface area contributed by atoms with Crippen molar-refractivity contribution in [2.45, 2.75) is 46.1 Å². The second-order valence-corrected chi connectivity index (χ2v) is 4.91. The molecule has 0 bridgehead atoms. The number of nitrogens with zero attached hydrogens (tertiary/aromatic N) is 1. The third-order valence-electron chi connectivity index (χ3n) is 2.94. The summed E-state index contributed by atoms with van der Waals surface area (Å²) in [6.07, 6.45) is 2.97. The van der Waals surface area contributed by atoms with Gasteiger partial charge >= 0.3 is 0 Å². The second-order valence-electron chi connectivity index (χ2n) is 4.91. The highest BCUT2D eigenvalue weighted by molar-refractivity contribution is 5.88. The van der Waals surface area contributed by atoms with Crippen molar-refractivity contribution < 1.29 is 4.79 Å². The minimum Gasteiger partial charge on any atom is -0.354 e. The summed E-state index contributed by atoms with van der Waals surface area (Å²) in [6.45, 7) is 7.59. The minimum atomic E-state index is -0.202. The number of amidine groups is 1. The normalized spacial score (nSPS) is 18.8. The van der Waals surface area contributed by atoms with Gasteiger partial charge in [0.15, 0.2) is 0 Å². The first-order valence-electron chi connectivity index (χ1n) is 6.14. The van der Waals surface area contributed by atoms with Crippen LogP contribution in [-0.2, 0) is 4.79 Å². The molecule has 0 aliphatic carbocycles. The van der Waals surface area contributed by atoms with Crippen molar-refractivity contribution in [2.24, 2.45) is 5.92 Å². The Labute approximate surface area is 97.9 Å². The Bertz CT molecular complexity index is 263. The number of piperidine rings is 1. The summed E-state index contributed by atoms with van der Waals surface area (Å²) in [4.78, 5) is 13.8. The van der Waals surface area contributed by atoms with E-state index in [2.05, 4.69) is 19.2 Å². The lowest BCUT2D eigenvalue weighted by Crippen LogP contribution is -2.50. The minimum absolute atomic E-state index is 0.0420. The van der Waals surface area contributed by atoms with E-state index in [0.717, 1.165) is 25.8 Å². The molecule has 1 rings (SSSR count). The highest BCUT2D eigenvalue weighted by Crippen LogP contribution is 2.14. The van der Waals surface area contributed by atoms with E-state index in [0.29, 0.717) is 18.3 Å². The van der Waals surface area contributed by atoms with E-state index < -0.39 is 0 Å². The molecule has 1 fully saturated rings. The molecule has 4 nitrogen and oxygen atoms in total. The molecule has 0 radical (unpaired) electrons. The summed E-state index contributed by atoms with van der Waals surface area (Å²) in [5.41, 5.74) is 0. The standard InChI is InChI=1S/C12H23N3O/c1-9(2)8-14-12(16)10(3)15-7-5-4-6-11(15)13/h9-10,13H,4-8H2,1-3H3,(H,14,16). The third kappa shape index (κ3) is 3.51. The molecule has 1 aliphatic rings. The maximum atomic E-state index is 11.8. The lowest BCUT2D eigenvalue weighted by molar-refractivity contribution is -0.124. The van der Waals surface area contributed by atoms with Gasteiger partial charge in [0.25, 0.3) is 0 Å². The number of likely N-dealkylation sites (tertiary alicyclic amines) is 1. The molecule has 1 saturated heterocycles. The van der Waals surface area contributed by atoms with Gasteiger partial charge in [0.05, 0.1) is 5.84 Å². The van der Waals surface area contributed by atoms with Gasteiger partial charge in [-0.3, -0.25) is 10.2 Å². The van der Waals surface area contributed by atoms with E-state index in [1.165, 1.54) is 0 Å². The van der Waals surface area contributed by atoms with Crippen molar-refractivity contribution in [1.29, 1.82) is 5.41 Å². The van der Waals surface area contributed by atoms with Crippen molar-refractivity contribution in [2.75, 3.05) is 13.1 Å². The molecule has 1 unspecified atom stereocenters. The highest BCUT2D eigenvalue weighted by Gasteiger charge is 2.25. The maximum Gasteiger partial charge on any atom is 0.242 e. The number of carbonyl (C=O) groups excluding carboxylic acids is 1. The van der Waals surface area contributed by atoms with Gasteiger partial charge in [-0.2, -0.15) is 0 Å². The monoisotopic (exact) mass is 225 g/mol. The predicted octanol–water partition coefficient (Wildman–Crippen LogP) is 1.61.